The molecule has 1 nitrogen and oxygen atoms in total. The van der Waals surface area contributed by atoms with E-state index < -0.39 is 18.4 Å². The van der Waals surface area contributed by atoms with E-state index in [1.807, 2.05) is 0 Å². The van der Waals surface area contributed by atoms with Crippen molar-refractivity contribution < 1.29 is 0 Å². The van der Waals surface area contributed by atoms with Crippen LogP contribution in [0.15, 0.2) is 36.9 Å². The van der Waals surface area contributed by atoms with Gasteiger partial charge in [-0.05, 0) is 0 Å². The van der Waals surface area contributed by atoms with Crippen LogP contribution in [0.3, 0.4) is 0 Å². The summed E-state index contributed by atoms with van der Waals surface area (Å²) in [4.78, 5) is 7.23. The van der Waals surface area contributed by atoms with Gasteiger partial charge in [0.2, 0.25) is 0 Å². The van der Waals surface area contributed by atoms with Gasteiger partial charge in [0, 0.05) is 0 Å². The molecule has 0 amide bonds. The molecule has 0 atom stereocenters. The Hall–Kier alpha value is -0.701. The number of nitrogens with zero attached hydrogens (tertiary/aromatic N) is 1. The van der Waals surface area contributed by atoms with Crippen molar-refractivity contribution in [1.82, 2.24) is 4.57 Å². The van der Waals surface area contributed by atoms with Crippen LogP contribution in [0.1, 0.15) is 5.69 Å². The van der Waals surface area contributed by atoms with Crippen molar-refractivity contribution in [3.05, 3.63) is 42.6 Å². The molecule has 1 aromatic carbocycles. The molecule has 2 aromatic rings. The molecule has 0 aliphatic carbocycles. The first kappa shape index (κ1) is 11.8. The molecule has 2 heteroatoms. The van der Waals surface area contributed by atoms with E-state index in [0.29, 0.717) is 0 Å². The number of benzene rings is 1. The molecule has 0 bridgehead atoms. The Labute approximate surface area is 102 Å². The zero-order chi connectivity index (χ0) is 11.9. The van der Waals surface area contributed by atoms with E-state index in [4.69, 9.17) is 0 Å². The van der Waals surface area contributed by atoms with Crippen molar-refractivity contribution in [3.63, 3.8) is 0 Å². The van der Waals surface area contributed by atoms with Gasteiger partial charge in [-0.3, -0.25) is 0 Å². The van der Waals surface area contributed by atoms with Gasteiger partial charge in [-0.25, -0.2) is 0 Å². The van der Waals surface area contributed by atoms with Gasteiger partial charge >= 0.3 is 102 Å². The van der Waals surface area contributed by atoms with Crippen LogP contribution < -0.4 is 0 Å². The van der Waals surface area contributed by atoms with E-state index in [-0.39, 0.29) is 0 Å². The molecule has 1 heterocycles. The number of aryl methyl sites for hydroxylation is 1. The van der Waals surface area contributed by atoms with Crippen molar-refractivity contribution in [3.8, 4) is 0 Å². The summed E-state index contributed by atoms with van der Waals surface area (Å²) in [6.07, 6.45) is 0. The van der Waals surface area contributed by atoms with Gasteiger partial charge in [-0.2, -0.15) is 0 Å². The van der Waals surface area contributed by atoms with Crippen LogP contribution in [0.25, 0.3) is 14.5 Å². The van der Waals surface area contributed by atoms with E-state index in [1.54, 1.807) is 0 Å². The monoisotopic (exact) mass is 321 g/mol. The second kappa shape index (κ2) is 3.95. The first-order valence-electron chi connectivity index (χ1n) is 5.65. The van der Waals surface area contributed by atoms with Gasteiger partial charge in [0.05, 0.1) is 0 Å². The van der Waals surface area contributed by atoms with Crippen LogP contribution in [0.5, 0.6) is 0 Å². The fraction of sp³-hybridized carbons (Fsp3) is 0.286. The topological polar surface area (TPSA) is 4.93 Å². The Balaban J connectivity index is 2.63. The Bertz CT molecular complexity index is 543. The molecule has 16 heavy (non-hydrogen) atoms. The summed E-state index contributed by atoms with van der Waals surface area (Å²) in [5, 5.41) is 1.32. The van der Waals surface area contributed by atoms with E-state index in [9.17, 15) is 0 Å². The first-order valence-corrected chi connectivity index (χ1v) is 15.6. The van der Waals surface area contributed by atoms with Crippen LogP contribution in [-0.4, -0.2) is 22.9 Å². The molecular weight excluding hydrogens is 301 g/mol. The van der Waals surface area contributed by atoms with Gasteiger partial charge in [0.1, 0.15) is 0 Å². The Morgan fingerprint density at radius 1 is 1.19 bits per heavy atom. The minimum atomic E-state index is -2.04. The Kier molecular flexibility index (Phi) is 2.91. The number of hydrogen-bond acceptors (Lipinski definition) is 0. The molecule has 0 unspecified atom stereocenters. The summed E-state index contributed by atoms with van der Waals surface area (Å²) in [5.74, 6) is 0. The van der Waals surface area contributed by atoms with E-state index >= 15 is 0 Å². The molecule has 0 spiro atoms. The van der Waals surface area contributed by atoms with Gasteiger partial charge in [-0.1, -0.05) is 0 Å². The maximum atomic E-state index is 4.32. The summed E-state index contributed by atoms with van der Waals surface area (Å²) in [6, 6.07) is 10.8. The van der Waals surface area contributed by atoms with Crippen molar-refractivity contribution in [2.24, 2.45) is 7.05 Å². The SMILES string of the molecule is C=[C](c1cc2ccccc2n1C)[Sn]([CH3])([CH3])[CH3]. The van der Waals surface area contributed by atoms with Gasteiger partial charge in [-0.15, -0.1) is 0 Å². The summed E-state index contributed by atoms with van der Waals surface area (Å²) < 4.78 is 3.67. The van der Waals surface area contributed by atoms with Gasteiger partial charge < -0.3 is 0 Å². The van der Waals surface area contributed by atoms with Crippen LogP contribution >= 0.6 is 0 Å². The van der Waals surface area contributed by atoms with Crippen molar-refractivity contribution in [2.45, 2.75) is 14.8 Å². The third kappa shape index (κ3) is 1.93. The second-order valence-corrected chi connectivity index (χ2v) is 19.9. The maximum absolute atomic E-state index is 4.32. The summed E-state index contributed by atoms with van der Waals surface area (Å²) in [7, 11) is 2.14. The van der Waals surface area contributed by atoms with Crippen LogP contribution in [0.4, 0.5) is 0 Å². The Morgan fingerprint density at radius 2 is 1.81 bits per heavy atom. The van der Waals surface area contributed by atoms with E-state index in [1.165, 1.54) is 20.2 Å². The fourth-order valence-corrected chi connectivity index (χ4v) is 4.84. The average Bonchev–Trinajstić information content (AvgIpc) is 2.54. The van der Waals surface area contributed by atoms with E-state index in [0.717, 1.165) is 0 Å². The zero-order valence-corrected chi connectivity index (χ0v) is 13.4. The molecule has 0 saturated carbocycles. The normalized spacial score (nSPS) is 12.0. The Morgan fingerprint density at radius 3 is 2.38 bits per heavy atom. The fourth-order valence-electron chi connectivity index (χ4n) is 1.96. The van der Waals surface area contributed by atoms with Gasteiger partial charge in [0.25, 0.3) is 0 Å². The van der Waals surface area contributed by atoms with Crippen molar-refractivity contribution in [2.75, 3.05) is 0 Å². The summed E-state index contributed by atoms with van der Waals surface area (Å²) in [6.45, 7) is 4.32. The third-order valence-corrected chi connectivity index (χ3v) is 9.07. The molecular formula is C14H19NSn. The first-order chi connectivity index (χ1) is 7.41. The molecule has 1 aromatic heterocycles. The number of rotatable bonds is 2. The summed E-state index contributed by atoms with van der Waals surface area (Å²) in [5.41, 5.74) is 2.62. The number of para-hydroxylation sites is 1. The van der Waals surface area contributed by atoms with Crippen molar-refractivity contribution in [1.29, 1.82) is 0 Å². The van der Waals surface area contributed by atoms with Crippen molar-refractivity contribution >= 4 is 32.9 Å². The second-order valence-electron chi connectivity index (χ2n) is 5.38. The predicted octanol–water partition coefficient (Wildman–Crippen LogP) is 4.07. The van der Waals surface area contributed by atoms with Gasteiger partial charge in [0.15, 0.2) is 0 Å². The predicted molar refractivity (Wildman–Crippen MR) is 75.3 cm³/mol. The average molecular weight is 320 g/mol. The molecule has 0 aliphatic heterocycles. The minimum absolute atomic E-state index is 1.30. The van der Waals surface area contributed by atoms with Crippen LogP contribution in [0, 0.1) is 0 Å². The number of hydrogen-bond donors (Lipinski definition) is 0. The number of fused-ring (bicyclic) bond motifs is 1. The molecule has 84 valence electrons. The standard InChI is InChI=1S/C11H10N.3CH3.Sn/c1-3-10-8-9-6-4-5-7-11(9)12(10)2;;;;/h4-8H,1H2,2H3;3*1H3;. The molecule has 0 N–H and O–H groups in total. The van der Waals surface area contributed by atoms with E-state index in [2.05, 4.69) is 63.3 Å². The molecule has 0 fully saturated rings. The number of aromatic nitrogens is 1. The third-order valence-electron chi connectivity index (χ3n) is 3.17. The van der Waals surface area contributed by atoms with Crippen LogP contribution in [-0.2, 0) is 7.05 Å². The quantitative estimate of drug-likeness (QED) is 0.735. The zero-order valence-electron chi connectivity index (χ0n) is 10.5. The molecule has 0 radical (unpaired) electrons. The molecule has 0 saturated heterocycles. The molecule has 2 rings (SSSR count). The summed E-state index contributed by atoms with van der Waals surface area (Å²) >= 11 is -2.04. The van der Waals surface area contributed by atoms with Crippen LogP contribution in [0.2, 0.25) is 14.8 Å². The molecule has 0 aliphatic rings.